The SMILES string of the molecule is CCCSc1ncc(CN2CCCC(c3cc(=O)[nH]c(-c4ccncc4)n3)C2)cn1. The number of nitrogens with one attached hydrogen (secondary N) is 1. The van der Waals surface area contributed by atoms with E-state index < -0.39 is 0 Å². The molecule has 0 saturated carbocycles. The molecule has 1 N–H and O–H groups in total. The molecule has 4 heterocycles. The van der Waals surface area contributed by atoms with Crippen molar-refractivity contribution in [1.29, 1.82) is 0 Å². The standard InChI is InChI=1S/C22H26N6OS/c1-2-10-30-22-24-12-16(13-25-22)14-28-9-3-4-18(15-28)19-11-20(29)27-21(26-19)17-5-7-23-8-6-17/h5-8,11-13,18H,2-4,9-10,14-15H2,1H3,(H,26,27,29). The number of hydrogen-bond acceptors (Lipinski definition) is 7. The summed E-state index contributed by atoms with van der Waals surface area (Å²) in [5.41, 5.74) is 2.73. The van der Waals surface area contributed by atoms with Gasteiger partial charge in [0.15, 0.2) is 5.16 Å². The first-order valence-corrected chi connectivity index (χ1v) is 11.4. The van der Waals surface area contributed by atoms with E-state index in [0.717, 1.165) is 66.6 Å². The van der Waals surface area contributed by atoms with Gasteiger partial charge in [-0.3, -0.25) is 14.7 Å². The van der Waals surface area contributed by atoms with Gasteiger partial charge in [0.25, 0.3) is 5.56 Å². The first-order valence-electron chi connectivity index (χ1n) is 10.4. The highest BCUT2D eigenvalue weighted by molar-refractivity contribution is 7.99. The highest BCUT2D eigenvalue weighted by atomic mass is 32.2. The van der Waals surface area contributed by atoms with Crippen molar-refractivity contribution in [2.75, 3.05) is 18.8 Å². The molecule has 7 nitrogen and oxygen atoms in total. The molecule has 0 spiro atoms. The molecule has 156 valence electrons. The summed E-state index contributed by atoms with van der Waals surface area (Å²) in [6.07, 6.45) is 10.5. The topological polar surface area (TPSA) is 87.7 Å². The molecule has 0 aromatic carbocycles. The Morgan fingerprint density at radius 1 is 1.23 bits per heavy atom. The second kappa shape index (κ2) is 9.95. The fourth-order valence-corrected chi connectivity index (χ4v) is 4.36. The van der Waals surface area contributed by atoms with Crippen LogP contribution in [0.25, 0.3) is 11.4 Å². The second-order valence-electron chi connectivity index (χ2n) is 7.55. The number of aromatic nitrogens is 5. The van der Waals surface area contributed by atoms with E-state index in [0.29, 0.717) is 5.82 Å². The molecule has 0 amide bonds. The van der Waals surface area contributed by atoms with Crippen molar-refractivity contribution in [3.05, 3.63) is 64.6 Å². The van der Waals surface area contributed by atoms with Gasteiger partial charge < -0.3 is 4.98 Å². The Morgan fingerprint density at radius 2 is 2.03 bits per heavy atom. The molecule has 0 radical (unpaired) electrons. The number of likely N-dealkylation sites (tertiary alicyclic amines) is 1. The van der Waals surface area contributed by atoms with Gasteiger partial charge in [-0.25, -0.2) is 15.0 Å². The van der Waals surface area contributed by atoms with Crippen LogP contribution in [0.1, 0.15) is 43.4 Å². The van der Waals surface area contributed by atoms with Crippen molar-refractivity contribution in [3.63, 3.8) is 0 Å². The molecule has 0 aliphatic carbocycles. The third kappa shape index (κ3) is 5.31. The Balaban J connectivity index is 1.45. The van der Waals surface area contributed by atoms with E-state index >= 15 is 0 Å². The van der Waals surface area contributed by atoms with Crippen LogP contribution in [0, 0.1) is 0 Å². The summed E-state index contributed by atoms with van der Waals surface area (Å²) in [5, 5.41) is 0.841. The summed E-state index contributed by atoms with van der Waals surface area (Å²) in [6.45, 7) is 4.88. The van der Waals surface area contributed by atoms with E-state index in [1.807, 2.05) is 24.5 Å². The Bertz CT molecular complexity index is 1010. The maximum absolute atomic E-state index is 12.3. The van der Waals surface area contributed by atoms with Gasteiger partial charge in [-0.1, -0.05) is 18.7 Å². The normalized spacial score (nSPS) is 17.2. The lowest BCUT2D eigenvalue weighted by atomic mass is 9.94. The van der Waals surface area contributed by atoms with Crippen molar-refractivity contribution >= 4 is 11.8 Å². The zero-order chi connectivity index (χ0) is 20.8. The van der Waals surface area contributed by atoms with Crippen LogP contribution in [-0.2, 0) is 6.54 Å². The van der Waals surface area contributed by atoms with Crippen LogP contribution < -0.4 is 5.56 Å². The largest absolute Gasteiger partial charge is 0.307 e. The van der Waals surface area contributed by atoms with E-state index in [4.69, 9.17) is 4.98 Å². The molecule has 1 atom stereocenters. The lowest BCUT2D eigenvalue weighted by molar-refractivity contribution is 0.198. The predicted molar refractivity (Wildman–Crippen MR) is 118 cm³/mol. The van der Waals surface area contributed by atoms with Crippen molar-refractivity contribution in [2.24, 2.45) is 0 Å². The van der Waals surface area contributed by atoms with E-state index in [1.54, 1.807) is 30.2 Å². The molecular weight excluding hydrogens is 396 g/mol. The van der Waals surface area contributed by atoms with Gasteiger partial charge in [-0.15, -0.1) is 0 Å². The zero-order valence-electron chi connectivity index (χ0n) is 17.1. The number of hydrogen-bond donors (Lipinski definition) is 1. The van der Waals surface area contributed by atoms with Gasteiger partial charge in [-0.05, 0) is 37.9 Å². The van der Waals surface area contributed by atoms with Crippen molar-refractivity contribution < 1.29 is 0 Å². The number of thioether (sulfide) groups is 1. The van der Waals surface area contributed by atoms with Gasteiger partial charge in [0, 0.05) is 66.7 Å². The van der Waals surface area contributed by atoms with E-state index in [9.17, 15) is 4.79 Å². The first-order chi connectivity index (χ1) is 14.7. The molecule has 1 unspecified atom stereocenters. The minimum Gasteiger partial charge on any atom is -0.307 e. The molecule has 3 aromatic heterocycles. The molecule has 1 aliphatic rings. The molecule has 8 heteroatoms. The predicted octanol–water partition coefficient (Wildman–Crippen LogP) is 3.50. The summed E-state index contributed by atoms with van der Waals surface area (Å²) in [5.74, 6) is 1.88. The Kier molecular flexibility index (Phi) is 6.86. The molecular formula is C22H26N6OS. The minimum atomic E-state index is -0.113. The van der Waals surface area contributed by atoms with Gasteiger partial charge >= 0.3 is 0 Å². The molecule has 30 heavy (non-hydrogen) atoms. The van der Waals surface area contributed by atoms with E-state index in [1.165, 1.54) is 0 Å². The average Bonchev–Trinajstić information content (AvgIpc) is 2.79. The van der Waals surface area contributed by atoms with Gasteiger partial charge in [0.05, 0.1) is 5.69 Å². The third-order valence-corrected chi connectivity index (χ3v) is 6.24. The molecule has 1 aliphatic heterocycles. The summed E-state index contributed by atoms with van der Waals surface area (Å²) < 4.78 is 0. The number of rotatable bonds is 7. The highest BCUT2D eigenvalue weighted by Crippen LogP contribution is 2.27. The average molecular weight is 423 g/mol. The lowest BCUT2D eigenvalue weighted by Crippen LogP contribution is -2.34. The monoisotopic (exact) mass is 422 g/mol. The van der Waals surface area contributed by atoms with Crippen LogP contribution >= 0.6 is 11.8 Å². The maximum atomic E-state index is 12.3. The summed E-state index contributed by atoms with van der Waals surface area (Å²) in [6, 6.07) is 5.36. The fraction of sp³-hybridized carbons (Fsp3) is 0.409. The smallest absolute Gasteiger partial charge is 0.251 e. The van der Waals surface area contributed by atoms with Crippen LogP contribution in [0.4, 0.5) is 0 Å². The molecule has 1 saturated heterocycles. The van der Waals surface area contributed by atoms with E-state index in [-0.39, 0.29) is 11.5 Å². The quantitative estimate of drug-likeness (QED) is 0.460. The summed E-state index contributed by atoms with van der Waals surface area (Å²) in [7, 11) is 0. The highest BCUT2D eigenvalue weighted by Gasteiger charge is 2.23. The number of aromatic amines is 1. The molecule has 1 fully saturated rings. The van der Waals surface area contributed by atoms with Crippen LogP contribution in [0.5, 0.6) is 0 Å². The number of H-pyrrole nitrogens is 1. The van der Waals surface area contributed by atoms with Crippen molar-refractivity contribution in [1.82, 2.24) is 29.8 Å². The van der Waals surface area contributed by atoms with Crippen LogP contribution in [0.2, 0.25) is 0 Å². The fourth-order valence-electron chi connectivity index (χ4n) is 3.72. The summed E-state index contributed by atoms with van der Waals surface area (Å²) >= 11 is 1.69. The first kappa shape index (κ1) is 20.7. The third-order valence-electron chi connectivity index (χ3n) is 5.16. The molecule has 4 rings (SSSR count). The minimum absolute atomic E-state index is 0.113. The summed E-state index contributed by atoms with van der Waals surface area (Å²) in [4.78, 5) is 35.3. The van der Waals surface area contributed by atoms with E-state index in [2.05, 4.69) is 31.8 Å². The Hall–Kier alpha value is -2.58. The number of nitrogens with zero attached hydrogens (tertiary/aromatic N) is 5. The van der Waals surface area contributed by atoms with Crippen LogP contribution in [0.15, 0.2) is 52.9 Å². The van der Waals surface area contributed by atoms with Gasteiger partial charge in [0.2, 0.25) is 0 Å². The zero-order valence-corrected chi connectivity index (χ0v) is 17.9. The van der Waals surface area contributed by atoms with Crippen LogP contribution in [0.3, 0.4) is 0 Å². The number of piperidine rings is 1. The molecule has 0 bridgehead atoms. The Labute approximate surface area is 180 Å². The molecule has 3 aromatic rings. The second-order valence-corrected chi connectivity index (χ2v) is 8.61. The van der Waals surface area contributed by atoms with Crippen molar-refractivity contribution in [3.8, 4) is 11.4 Å². The maximum Gasteiger partial charge on any atom is 0.251 e. The lowest BCUT2D eigenvalue weighted by Gasteiger charge is -2.32. The van der Waals surface area contributed by atoms with Gasteiger partial charge in [-0.2, -0.15) is 0 Å². The van der Waals surface area contributed by atoms with Crippen LogP contribution in [-0.4, -0.2) is 48.7 Å². The Morgan fingerprint density at radius 3 is 2.80 bits per heavy atom. The number of pyridine rings is 1. The van der Waals surface area contributed by atoms with Crippen molar-refractivity contribution in [2.45, 2.75) is 43.8 Å². The van der Waals surface area contributed by atoms with Gasteiger partial charge in [0.1, 0.15) is 5.82 Å².